The molecule has 21 heavy (non-hydrogen) atoms. The van der Waals surface area contributed by atoms with Crippen LogP contribution >= 0.6 is 11.3 Å². The van der Waals surface area contributed by atoms with Crippen molar-refractivity contribution in [3.63, 3.8) is 0 Å². The number of amides is 1. The smallest absolute Gasteiger partial charge is 0.273 e. The third-order valence-corrected chi connectivity index (χ3v) is 4.33. The van der Waals surface area contributed by atoms with E-state index < -0.39 is 0 Å². The van der Waals surface area contributed by atoms with Gasteiger partial charge in [0.2, 0.25) is 0 Å². The first-order chi connectivity index (χ1) is 9.95. The molecule has 2 aromatic rings. The van der Waals surface area contributed by atoms with Gasteiger partial charge in [0, 0.05) is 16.7 Å². The van der Waals surface area contributed by atoms with Crippen molar-refractivity contribution >= 4 is 17.2 Å². The zero-order valence-corrected chi connectivity index (χ0v) is 13.3. The molecule has 0 radical (unpaired) electrons. The Morgan fingerprint density at radius 2 is 2.24 bits per heavy atom. The quantitative estimate of drug-likeness (QED) is 0.941. The number of thiazole rings is 1. The average Bonchev–Trinajstić information content (AvgIpc) is 2.96. The van der Waals surface area contributed by atoms with Gasteiger partial charge in [0.25, 0.3) is 5.91 Å². The molecule has 1 fully saturated rings. The van der Waals surface area contributed by atoms with E-state index in [0.717, 1.165) is 29.3 Å². The van der Waals surface area contributed by atoms with Crippen molar-refractivity contribution < 1.29 is 9.21 Å². The summed E-state index contributed by atoms with van der Waals surface area (Å²) >= 11 is 1.57. The molecule has 2 aromatic heterocycles. The van der Waals surface area contributed by atoms with Gasteiger partial charge >= 0.3 is 0 Å². The Labute approximate surface area is 127 Å². The summed E-state index contributed by atoms with van der Waals surface area (Å²) in [5.41, 5.74) is 1.51. The fraction of sp³-hybridized carbons (Fsp3) is 0.533. The van der Waals surface area contributed by atoms with Crippen LogP contribution in [-0.2, 0) is 12.0 Å². The van der Waals surface area contributed by atoms with E-state index in [1.165, 1.54) is 6.39 Å². The predicted molar refractivity (Wildman–Crippen MR) is 80.5 cm³/mol. The largest absolute Gasteiger partial charge is 0.447 e. The van der Waals surface area contributed by atoms with Gasteiger partial charge in [-0.1, -0.05) is 20.8 Å². The fourth-order valence-electron chi connectivity index (χ4n) is 2.04. The lowest BCUT2D eigenvalue weighted by molar-refractivity contribution is 0.0944. The van der Waals surface area contributed by atoms with Gasteiger partial charge in [0.05, 0.1) is 12.2 Å². The summed E-state index contributed by atoms with van der Waals surface area (Å²) in [6, 6.07) is 0. The lowest BCUT2D eigenvalue weighted by Crippen LogP contribution is -2.24. The first kappa shape index (κ1) is 14.3. The van der Waals surface area contributed by atoms with Crippen LogP contribution in [0.5, 0.6) is 0 Å². The lowest BCUT2D eigenvalue weighted by atomic mass is 9.93. The summed E-state index contributed by atoms with van der Waals surface area (Å²) in [4.78, 5) is 20.8. The second kappa shape index (κ2) is 5.26. The average molecular weight is 305 g/mol. The second-order valence-corrected chi connectivity index (χ2v) is 7.34. The summed E-state index contributed by atoms with van der Waals surface area (Å²) in [6.45, 7) is 6.81. The van der Waals surface area contributed by atoms with Crippen LogP contribution in [0.25, 0.3) is 0 Å². The van der Waals surface area contributed by atoms with Gasteiger partial charge < -0.3 is 9.73 Å². The van der Waals surface area contributed by atoms with Crippen molar-refractivity contribution in [1.29, 1.82) is 0 Å². The van der Waals surface area contributed by atoms with Gasteiger partial charge in [-0.25, -0.2) is 9.97 Å². The Hall–Kier alpha value is -1.69. The number of nitrogens with one attached hydrogen (secondary N) is 1. The summed E-state index contributed by atoms with van der Waals surface area (Å²) in [5, 5.41) is 5.83. The molecule has 3 rings (SSSR count). The normalized spacial score (nSPS) is 15.2. The molecule has 0 bridgehead atoms. The van der Waals surface area contributed by atoms with Crippen molar-refractivity contribution in [2.45, 2.75) is 51.5 Å². The van der Waals surface area contributed by atoms with E-state index in [-0.39, 0.29) is 11.3 Å². The molecule has 1 aliphatic carbocycles. The highest BCUT2D eigenvalue weighted by Crippen LogP contribution is 2.41. The van der Waals surface area contributed by atoms with Crippen LogP contribution in [0.4, 0.5) is 0 Å². The third kappa shape index (κ3) is 3.15. The minimum absolute atomic E-state index is 0.0318. The summed E-state index contributed by atoms with van der Waals surface area (Å²) in [7, 11) is 0. The number of aromatic nitrogens is 2. The van der Waals surface area contributed by atoms with Gasteiger partial charge in [-0.2, -0.15) is 0 Å². The molecule has 6 heteroatoms. The highest BCUT2D eigenvalue weighted by molar-refractivity contribution is 7.09. The van der Waals surface area contributed by atoms with Crippen molar-refractivity contribution in [3.8, 4) is 0 Å². The standard InChI is InChI=1S/C15H19N3O2S/c1-15(2,3)10-7-21-11(18-10)6-16-14(19)12-13(9-4-5-9)20-8-17-12/h7-9H,4-6H2,1-3H3,(H,16,19). The Kier molecular flexibility index (Phi) is 3.57. The molecule has 0 atom stereocenters. The Morgan fingerprint density at radius 3 is 2.86 bits per heavy atom. The van der Waals surface area contributed by atoms with E-state index in [4.69, 9.17) is 4.42 Å². The molecule has 112 valence electrons. The van der Waals surface area contributed by atoms with Crippen molar-refractivity contribution in [1.82, 2.24) is 15.3 Å². The highest BCUT2D eigenvalue weighted by Gasteiger charge is 2.32. The van der Waals surface area contributed by atoms with Crippen LogP contribution in [0.15, 0.2) is 16.2 Å². The Balaban J connectivity index is 1.63. The molecule has 0 unspecified atom stereocenters. The summed E-state index contributed by atoms with van der Waals surface area (Å²) in [5.74, 6) is 0.917. The molecule has 0 spiro atoms. The van der Waals surface area contributed by atoms with Crippen molar-refractivity contribution in [2.24, 2.45) is 0 Å². The number of hydrogen-bond acceptors (Lipinski definition) is 5. The first-order valence-corrected chi connectivity index (χ1v) is 7.99. The molecule has 1 saturated carbocycles. The van der Waals surface area contributed by atoms with E-state index >= 15 is 0 Å². The Bertz CT molecular complexity index is 650. The van der Waals surface area contributed by atoms with Crippen molar-refractivity contribution in [2.75, 3.05) is 0 Å². The highest BCUT2D eigenvalue weighted by atomic mass is 32.1. The fourth-order valence-corrected chi connectivity index (χ4v) is 3.00. The number of nitrogens with zero attached hydrogens (tertiary/aromatic N) is 2. The minimum atomic E-state index is -0.182. The van der Waals surface area contributed by atoms with E-state index in [1.54, 1.807) is 11.3 Å². The molecule has 5 nitrogen and oxygen atoms in total. The maximum atomic E-state index is 12.2. The van der Waals surface area contributed by atoms with Gasteiger partial charge in [-0.05, 0) is 12.8 Å². The van der Waals surface area contributed by atoms with E-state index in [2.05, 4.69) is 36.1 Å². The SMILES string of the molecule is CC(C)(C)c1csc(CNC(=O)c2ncoc2C2CC2)n1. The Morgan fingerprint density at radius 1 is 1.48 bits per heavy atom. The van der Waals surface area contributed by atoms with Crippen LogP contribution < -0.4 is 5.32 Å². The number of rotatable bonds is 4. The van der Waals surface area contributed by atoms with E-state index in [0.29, 0.717) is 18.2 Å². The minimum Gasteiger partial charge on any atom is -0.447 e. The van der Waals surface area contributed by atoms with E-state index in [9.17, 15) is 4.79 Å². The molecule has 0 aliphatic heterocycles. The van der Waals surface area contributed by atoms with Gasteiger partial charge in [0.1, 0.15) is 10.8 Å². The van der Waals surface area contributed by atoms with Crippen LogP contribution in [0.2, 0.25) is 0 Å². The molecular weight excluding hydrogens is 286 g/mol. The van der Waals surface area contributed by atoms with Gasteiger partial charge in [-0.15, -0.1) is 11.3 Å². The second-order valence-electron chi connectivity index (χ2n) is 6.40. The zero-order valence-electron chi connectivity index (χ0n) is 12.5. The zero-order chi connectivity index (χ0) is 15.0. The predicted octanol–water partition coefficient (Wildman–Crippen LogP) is 3.24. The van der Waals surface area contributed by atoms with Crippen LogP contribution in [-0.4, -0.2) is 15.9 Å². The topological polar surface area (TPSA) is 68.0 Å². The maximum Gasteiger partial charge on any atom is 0.273 e. The molecule has 1 amide bonds. The van der Waals surface area contributed by atoms with Crippen molar-refractivity contribution in [3.05, 3.63) is 33.9 Å². The summed E-state index contributed by atoms with van der Waals surface area (Å²) < 4.78 is 5.33. The van der Waals surface area contributed by atoms with Gasteiger partial charge in [-0.3, -0.25) is 4.79 Å². The molecular formula is C15H19N3O2S. The lowest BCUT2D eigenvalue weighted by Gasteiger charge is -2.14. The third-order valence-electron chi connectivity index (χ3n) is 3.48. The number of carbonyl (C=O) groups excluding carboxylic acids is 1. The molecule has 1 aliphatic rings. The number of oxazole rings is 1. The van der Waals surface area contributed by atoms with Crippen LogP contribution in [0.3, 0.4) is 0 Å². The van der Waals surface area contributed by atoms with Crippen LogP contribution in [0.1, 0.15) is 66.5 Å². The maximum absolute atomic E-state index is 12.2. The van der Waals surface area contributed by atoms with Crippen LogP contribution in [0, 0.1) is 0 Å². The molecule has 2 heterocycles. The monoisotopic (exact) mass is 305 g/mol. The molecule has 0 aromatic carbocycles. The van der Waals surface area contributed by atoms with Gasteiger partial charge in [0.15, 0.2) is 12.1 Å². The van der Waals surface area contributed by atoms with E-state index in [1.807, 2.05) is 5.38 Å². The molecule has 1 N–H and O–H groups in total. The first-order valence-electron chi connectivity index (χ1n) is 7.11. The number of carbonyl (C=O) groups is 1. The summed E-state index contributed by atoms with van der Waals surface area (Å²) in [6.07, 6.45) is 3.51. The number of hydrogen-bond donors (Lipinski definition) is 1. The molecule has 0 saturated heterocycles.